The molecule has 3 aromatic rings. The van der Waals surface area contributed by atoms with Gasteiger partial charge in [0.2, 0.25) is 5.91 Å². The van der Waals surface area contributed by atoms with E-state index >= 15 is 0 Å². The van der Waals surface area contributed by atoms with E-state index in [-0.39, 0.29) is 23.3 Å². The van der Waals surface area contributed by atoms with Crippen molar-refractivity contribution in [3.63, 3.8) is 0 Å². The zero-order chi connectivity index (χ0) is 20.4. The van der Waals surface area contributed by atoms with E-state index in [1.165, 1.54) is 11.8 Å². The highest BCUT2D eigenvalue weighted by molar-refractivity contribution is 7.99. The highest BCUT2D eigenvalue weighted by Gasteiger charge is 2.23. The number of thioether (sulfide) groups is 1. The van der Waals surface area contributed by atoms with Crippen molar-refractivity contribution in [1.82, 2.24) is 9.55 Å². The first kappa shape index (κ1) is 19.7. The Morgan fingerprint density at radius 2 is 1.90 bits per heavy atom. The second-order valence-electron chi connectivity index (χ2n) is 7.61. The van der Waals surface area contributed by atoms with Gasteiger partial charge in [-0.2, -0.15) is 0 Å². The van der Waals surface area contributed by atoms with E-state index in [0.717, 1.165) is 42.5 Å². The standard InChI is InChI=1S/C23H25N3O2S/c1-15-8-7-13-19(16(15)2)24-21(27)14-29-23-25-20-12-6-5-11-18(20)22(28)26(23)17-9-3-4-10-17/h5-8,11-13,17H,3-4,9-10,14H2,1-2H3,(H,24,27). The number of rotatable bonds is 5. The Morgan fingerprint density at radius 3 is 2.69 bits per heavy atom. The molecule has 1 aromatic heterocycles. The third-order valence-electron chi connectivity index (χ3n) is 5.68. The summed E-state index contributed by atoms with van der Waals surface area (Å²) < 4.78 is 1.82. The van der Waals surface area contributed by atoms with E-state index in [2.05, 4.69) is 5.32 Å². The van der Waals surface area contributed by atoms with Crippen LogP contribution in [0.4, 0.5) is 5.69 Å². The van der Waals surface area contributed by atoms with Gasteiger partial charge in [-0.15, -0.1) is 0 Å². The number of benzene rings is 2. The molecule has 6 heteroatoms. The van der Waals surface area contributed by atoms with Crippen LogP contribution in [-0.4, -0.2) is 21.2 Å². The second-order valence-corrected chi connectivity index (χ2v) is 8.55. The van der Waals surface area contributed by atoms with E-state index in [4.69, 9.17) is 4.98 Å². The van der Waals surface area contributed by atoms with Crippen molar-refractivity contribution >= 4 is 34.3 Å². The molecule has 0 unspecified atom stereocenters. The average molecular weight is 408 g/mol. The predicted octanol–water partition coefficient (Wildman–Crippen LogP) is 4.86. The minimum Gasteiger partial charge on any atom is -0.325 e. The highest BCUT2D eigenvalue weighted by atomic mass is 32.2. The fourth-order valence-electron chi connectivity index (χ4n) is 3.91. The molecular formula is C23H25N3O2S. The number of aryl methyl sites for hydroxylation is 1. The van der Waals surface area contributed by atoms with Crippen LogP contribution in [-0.2, 0) is 4.79 Å². The summed E-state index contributed by atoms with van der Waals surface area (Å²) in [5.41, 5.74) is 3.72. The summed E-state index contributed by atoms with van der Waals surface area (Å²) in [6.45, 7) is 4.03. The molecule has 29 heavy (non-hydrogen) atoms. The molecule has 4 rings (SSSR count). The molecule has 150 valence electrons. The molecule has 0 spiro atoms. The number of hydrogen-bond acceptors (Lipinski definition) is 4. The van der Waals surface area contributed by atoms with Gasteiger partial charge in [0, 0.05) is 11.7 Å². The maximum absolute atomic E-state index is 13.2. The van der Waals surface area contributed by atoms with Gasteiger partial charge in [0.15, 0.2) is 5.16 Å². The number of fused-ring (bicyclic) bond motifs is 1. The van der Waals surface area contributed by atoms with E-state index in [0.29, 0.717) is 16.1 Å². The van der Waals surface area contributed by atoms with Crippen molar-refractivity contribution in [1.29, 1.82) is 0 Å². The molecular weight excluding hydrogens is 382 g/mol. The summed E-state index contributed by atoms with van der Waals surface area (Å²) >= 11 is 1.34. The van der Waals surface area contributed by atoms with Crippen molar-refractivity contribution < 1.29 is 4.79 Å². The lowest BCUT2D eigenvalue weighted by Gasteiger charge is -2.18. The number of hydrogen-bond donors (Lipinski definition) is 1. The zero-order valence-corrected chi connectivity index (χ0v) is 17.6. The first-order valence-electron chi connectivity index (χ1n) is 10.0. The molecule has 2 aromatic carbocycles. The van der Waals surface area contributed by atoms with Gasteiger partial charge in [-0.1, -0.05) is 48.9 Å². The fraction of sp³-hybridized carbons (Fsp3) is 0.348. The van der Waals surface area contributed by atoms with Crippen LogP contribution in [0.25, 0.3) is 10.9 Å². The van der Waals surface area contributed by atoms with Gasteiger partial charge in [-0.05, 0) is 56.0 Å². The van der Waals surface area contributed by atoms with Crippen LogP contribution >= 0.6 is 11.8 Å². The molecule has 0 aliphatic heterocycles. The molecule has 1 aliphatic carbocycles. The number of nitrogens with zero attached hydrogens (tertiary/aromatic N) is 2. The molecule has 0 saturated heterocycles. The minimum atomic E-state index is -0.0934. The first-order valence-corrected chi connectivity index (χ1v) is 11.0. The molecule has 1 heterocycles. The summed E-state index contributed by atoms with van der Waals surface area (Å²) in [6.07, 6.45) is 4.23. The molecule has 1 saturated carbocycles. The Morgan fingerprint density at radius 1 is 1.14 bits per heavy atom. The molecule has 0 radical (unpaired) electrons. The van der Waals surface area contributed by atoms with Crippen LogP contribution in [0.15, 0.2) is 52.4 Å². The van der Waals surface area contributed by atoms with Crippen LogP contribution in [0.1, 0.15) is 42.9 Å². The Hall–Kier alpha value is -2.60. The fourth-order valence-corrected chi connectivity index (χ4v) is 4.78. The Labute approximate surface area is 174 Å². The molecule has 1 amide bonds. The van der Waals surface area contributed by atoms with E-state index in [9.17, 15) is 9.59 Å². The predicted molar refractivity (Wildman–Crippen MR) is 119 cm³/mol. The van der Waals surface area contributed by atoms with Gasteiger partial charge >= 0.3 is 0 Å². The third kappa shape index (κ3) is 4.08. The summed E-state index contributed by atoms with van der Waals surface area (Å²) in [7, 11) is 0. The van der Waals surface area contributed by atoms with Crippen LogP contribution in [0.2, 0.25) is 0 Å². The lowest BCUT2D eigenvalue weighted by Crippen LogP contribution is -2.27. The van der Waals surface area contributed by atoms with Gasteiger partial charge < -0.3 is 5.32 Å². The summed E-state index contributed by atoms with van der Waals surface area (Å²) in [4.78, 5) is 30.5. The number of anilines is 1. The lowest BCUT2D eigenvalue weighted by molar-refractivity contribution is -0.113. The minimum absolute atomic E-state index is 0.0000585. The number of nitrogens with one attached hydrogen (secondary N) is 1. The van der Waals surface area contributed by atoms with Gasteiger partial charge in [0.1, 0.15) is 0 Å². The Bertz CT molecular complexity index is 1120. The first-order chi connectivity index (χ1) is 14.0. The van der Waals surface area contributed by atoms with E-state index in [1.54, 1.807) is 0 Å². The Balaban J connectivity index is 1.60. The zero-order valence-electron chi connectivity index (χ0n) is 16.8. The average Bonchev–Trinajstić information content (AvgIpc) is 3.24. The molecule has 0 atom stereocenters. The van der Waals surface area contributed by atoms with Gasteiger partial charge in [0.25, 0.3) is 5.56 Å². The summed E-state index contributed by atoms with van der Waals surface area (Å²) in [5, 5.41) is 4.27. The number of carbonyl (C=O) groups excluding carboxylic acids is 1. The SMILES string of the molecule is Cc1cccc(NC(=O)CSc2nc3ccccc3c(=O)n2C2CCCC2)c1C. The van der Waals surface area contributed by atoms with Crippen molar-refractivity contribution in [2.75, 3.05) is 11.1 Å². The highest BCUT2D eigenvalue weighted by Crippen LogP contribution is 2.32. The van der Waals surface area contributed by atoms with Crippen molar-refractivity contribution in [3.8, 4) is 0 Å². The second kappa shape index (κ2) is 8.41. The number of carbonyl (C=O) groups is 1. The molecule has 0 bridgehead atoms. The van der Waals surface area contributed by atoms with Crippen molar-refractivity contribution in [2.24, 2.45) is 0 Å². The molecule has 5 nitrogen and oxygen atoms in total. The van der Waals surface area contributed by atoms with Crippen LogP contribution < -0.4 is 10.9 Å². The third-order valence-corrected chi connectivity index (χ3v) is 6.63. The number of amides is 1. The number of aromatic nitrogens is 2. The largest absolute Gasteiger partial charge is 0.325 e. The molecule has 1 N–H and O–H groups in total. The van der Waals surface area contributed by atoms with Crippen LogP contribution in [0.5, 0.6) is 0 Å². The molecule has 1 aliphatic rings. The maximum atomic E-state index is 13.2. The quantitative estimate of drug-likeness (QED) is 0.485. The van der Waals surface area contributed by atoms with Crippen molar-refractivity contribution in [3.05, 3.63) is 63.9 Å². The summed E-state index contributed by atoms with van der Waals surface area (Å²) in [6, 6.07) is 13.5. The summed E-state index contributed by atoms with van der Waals surface area (Å²) in [5.74, 6) is 0.120. The smallest absolute Gasteiger partial charge is 0.262 e. The molecule has 1 fully saturated rings. The van der Waals surface area contributed by atoms with Crippen LogP contribution in [0.3, 0.4) is 0 Å². The maximum Gasteiger partial charge on any atom is 0.262 e. The Kier molecular flexibility index (Phi) is 5.72. The van der Waals surface area contributed by atoms with E-state index < -0.39 is 0 Å². The van der Waals surface area contributed by atoms with Gasteiger partial charge in [-0.3, -0.25) is 14.2 Å². The lowest BCUT2D eigenvalue weighted by atomic mass is 10.1. The van der Waals surface area contributed by atoms with Gasteiger partial charge in [-0.25, -0.2) is 4.98 Å². The number of para-hydroxylation sites is 1. The van der Waals surface area contributed by atoms with Crippen molar-refractivity contribution in [2.45, 2.75) is 50.7 Å². The normalized spacial score (nSPS) is 14.4. The van der Waals surface area contributed by atoms with Gasteiger partial charge in [0.05, 0.1) is 16.7 Å². The monoisotopic (exact) mass is 407 g/mol. The van der Waals surface area contributed by atoms with Crippen LogP contribution in [0, 0.1) is 13.8 Å². The van der Waals surface area contributed by atoms with E-state index in [1.807, 2.05) is 60.9 Å². The topological polar surface area (TPSA) is 64.0 Å².